The second-order valence-electron chi connectivity index (χ2n) is 4.33. The van der Waals surface area contributed by atoms with E-state index < -0.39 is 0 Å². The van der Waals surface area contributed by atoms with E-state index in [1.807, 2.05) is 6.07 Å². The van der Waals surface area contributed by atoms with Gasteiger partial charge >= 0.3 is 0 Å². The number of carbonyl (C=O) groups is 1. The van der Waals surface area contributed by atoms with Gasteiger partial charge in [0.2, 0.25) is 0 Å². The van der Waals surface area contributed by atoms with Crippen LogP contribution in [0.1, 0.15) is 10.4 Å². The van der Waals surface area contributed by atoms with Crippen LogP contribution in [0.3, 0.4) is 0 Å². The number of pyridine rings is 1. The molecule has 0 amide bonds. The van der Waals surface area contributed by atoms with Crippen molar-refractivity contribution in [3.63, 3.8) is 0 Å². The Labute approximate surface area is 131 Å². The van der Waals surface area contributed by atoms with Crippen molar-refractivity contribution >= 4 is 29.5 Å². The predicted octanol–water partition coefficient (Wildman–Crippen LogP) is 4.05. The molecule has 0 aliphatic rings. The minimum absolute atomic E-state index is 0.459. The van der Waals surface area contributed by atoms with E-state index >= 15 is 0 Å². The number of benzene rings is 1. The van der Waals surface area contributed by atoms with Gasteiger partial charge in [0, 0.05) is 29.2 Å². The zero-order chi connectivity index (χ0) is 14.8. The van der Waals surface area contributed by atoms with Crippen LogP contribution in [-0.2, 0) is 0 Å². The highest BCUT2D eigenvalue weighted by Crippen LogP contribution is 2.27. The number of carbonyl (C=O) groups excluding carboxylic acids is 1. The first kappa shape index (κ1) is 13.8. The summed E-state index contributed by atoms with van der Waals surface area (Å²) in [5, 5.41) is 5.43. The summed E-state index contributed by atoms with van der Waals surface area (Å²) in [6.07, 6.45) is 5.71. The molecule has 3 rings (SSSR count). The molecule has 0 saturated carbocycles. The van der Waals surface area contributed by atoms with Crippen LogP contribution in [0.2, 0.25) is 10.0 Å². The third kappa shape index (κ3) is 2.68. The molecule has 0 bridgehead atoms. The van der Waals surface area contributed by atoms with E-state index in [-0.39, 0.29) is 0 Å². The van der Waals surface area contributed by atoms with Gasteiger partial charge in [-0.1, -0.05) is 23.2 Å². The average Bonchev–Trinajstić information content (AvgIpc) is 2.92. The SMILES string of the molecule is O=Cc1cn(-c2ccc(Cl)cc2Cl)nc1-c1cccnc1. The lowest BCUT2D eigenvalue weighted by Crippen LogP contribution is -1.96. The van der Waals surface area contributed by atoms with Crippen molar-refractivity contribution in [3.05, 3.63) is 64.5 Å². The quantitative estimate of drug-likeness (QED) is 0.684. The molecule has 0 atom stereocenters. The van der Waals surface area contributed by atoms with Gasteiger partial charge in [-0.05, 0) is 30.3 Å². The van der Waals surface area contributed by atoms with E-state index in [0.29, 0.717) is 27.0 Å². The number of nitrogens with zero attached hydrogens (tertiary/aromatic N) is 3. The van der Waals surface area contributed by atoms with Gasteiger partial charge < -0.3 is 0 Å². The number of halogens is 2. The lowest BCUT2D eigenvalue weighted by molar-refractivity contribution is 0.112. The van der Waals surface area contributed by atoms with E-state index in [9.17, 15) is 4.79 Å². The van der Waals surface area contributed by atoms with Gasteiger partial charge in [-0.2, -0.15) is 5.10 Å². The van der Waals surface area contributed by atoms with E-state index in [1.165, 1.54) is 0 Å². The van der Waals surface area contributed by atoms with Gasteiger partial charge in [-0.25, -0.2) is 4.68 Å². The third-order valence-electron chi connectivity index (χ3n) is 2.96. The normalized spacial score (nSPS) is 10.6. The maximum absolute atomic E-state index is 11.3. The molecule has 0 radical (unpaired) electrons. The summed E-state index contributed by atoms with van der Waals surface area (Å²) in [7, 11) is 0. The Morgan fingerprint density at radius 2 is 2.05 bits per heavy atom. The number of aldehydes is 1. The maximum atomic E-state index is 11.3. The van der Waals surface area contributed by atoms with Crippen LogP contribution in [0.25, 0.3) is 16.9 Å². The van der Waals surface area contributed by atoms with Crippen molar-refractivity contribution < 1.29 is 4.79 Å². The zero-order valence-electron chi connectivity index (χ0n) is 10.7. The molecular formula is C15H9Cl2N3O. The van der Waals surface area contributed by atoms with E-state index in [0.717, 1.165) is 11.8 Å². The molecule has 0 aliphatic carbocycles. The molecule has 3 aromatic rings. The highest BCUT2D eigenvalue weighted by molar-refractivity contribution is 6.35. The average molecular weight is 318 g/mol. The molecule has 2 aromatic heterocycles. The lowest BCUT2D eigenvalue weighted by Gasteiger charge is -2.04. The predicted molar refractivity (Wildman–Crippen MR) is 82.2 cm³/mol. The van der Waals surface area contributed by atoms with E-state index in [2.05, 4.69) is 10.1 Å². The molecule has 2 heterocycles. The molecule has 0 N–H and O–H groups in total. The van der Waals surface area contributed by atoms with Crippen LogP contribution in [0.15, 0.2) is 48.9 Å². The molecule has 0 saturated heterocycles. The van der Waals surface area contributed by atoms with Crippen LogP contribution in [0.4, 0.5) is 0 Å². The van der Waals surface area contributed by atoms with E-state index in [4.69, 9.17) is 23.2 Å². The Morgan fingerprint density at radius 3 is 2.71 bits per heavy atom. The summed E-state index contributed by atoms with van der Waals surface area (Å²) in [6, 6.07) is 8.73. The molecular weight excluding hydrogens is 309 g/mol. The minimum Gasteiger partial charge on any atom is -0.298 e. The highest BCUT2D eigenvalue weighted by Gasteiger charge is 2.13. The Bertz CT molecular complexity index is 800. The monoisotopic (exact) mass is 317 g/mol. The number of hydrogen-bond donors (Lipinski definition) is 0. The lowest BCUT2D eigenvalue weighted by atomic mass is 10.1. The zero-order valence-corrected chi connectivity index (χ0v) is 12.2. The summed E-state index contributed by atoms with van der Waals surface area (Å²) < 4.78 is 1.56. The largest absolute Gasteiger partial charge is 0.298 e. The molecule has 0 fully saturated rings. The van der Waals surface area contributed by atoms with Crippen LogP contribution in [-0.4, -0.2) is 21.1 Å². The summed E-state index contributed by atoms with van der Waals surface area (Å²) in [5.74, 6) is 0. The Balaban J connectivity index is 2.14. The Hall–Kier alpha value is -2.17. The topological polar surface area (TPSA) is 47.8 Å². The Kier molecular flexibility index (Phi) is 3.73. The standard InChI is InChI=1S/C15H9Cl2N3O/c16-12-3-4-14(13(17)6-12)20-8-11(9-21)15(19-20)10-2-1-5-18-7-10/h1-9H. The third-order valence-corrected chi connectivity index (χ3v) is 3.50. The fourth-order valence-corrected chi connectivity index (χ4v) is 2.49. The van der Waals surface area contributed by atoms with Gasteiger partial charge in [-0.3, -0.25) is 9.78 Å². The van der Waals surface area contributed by atoms with Crippen molar-refractivity contribution in [2.24, 2.45) is 0 Å². The second-order valence-corrected chi connectivity index (χ2v) is 5.18. The molecule has 0 spiro atoms. The van der Waals surface area contributed by atoms with Crippen LogP contribution in [0, 0.1) is 0 Å². The fourth-order valence-electron chi connectivity index (χ4n) is 1.99. The first-order valence-electron chi connectivity index (χ1n) is 6.09. The summed E-state index contributed by atoms with van der Waals surface area (Å²) in [5.41, 5.74) is 2.45. The van der Waals surface area contributed by atoms with Gasteiger partial charge in [0.15, 0.2) is 6.29 Å². The molecule has 104 valence electrons. The van der Waals surface area contributed by atoms with Crippen LogP contribution in [0.5, 0.6) is 0 Å². The summed E-state index contributed by atoms with van der Waals surface area (Å²) >= 11 is 12.1. The van der Waals surface area contributed by atoms with Gasteiger partial charge in [0.05, 0.1) is 16.3 Å². The van der Waals surface area contributed by atoms with Crippen molar-refractivity contribution in [1.82, 2.24) is 14.8 Å². The maximum Gasteiger partial charge on any atom is 0.153 e. The Morgan fingerprint density at radius 1 is 1.19 bits per heavy atom. The minimum atomic E-state index is 0.459. The number of rotatable bonds is 3. The molecule has 21 heavy (non-hydrogen) atoms. The number of hydrogen-bond acceptors (Lipinski definition) is 3. The van der Waals surface area contributed by atoms with E-state index in [1.54, 1.807) is 47.5 Å². The smallest absolute Gasteiger partial charge is 0.153 e. The molecule has 1 aromatic carbocycles. The van der Waals surface area contributed by atoms with Crippen LogP contribution >= 0.6 is 23.2 Å². The second kappa shape index (κ2) is 5.68. The molecule has 4 nitrogen and oxygen atoms in total. The first-order valence-corrected chi connectivity index (χ1v) is 6.85. The van der Waals surface area contributed by atoms with Gasteiger partial charge in [-0.15, -0.1) is 0 Å². The van der Waals surface area contributed by atoms with Gasteiger partial charge in [0.1, 0.15) is 5.69 Å². The summed E-state index contributed by atoms with van der Waals surface area (Å²) in [6.45, 7) is 0. The van der Waals surface area contributed by atoms with Gasteiger partial charge in [0.25, 0.3) is 0 Å². The van der Waals surface area contributed by atoms with Crippen LogP contribution < -0.4 is 0 Å². The summed E-state index contributed by atoms with van der Waals surface area (Å²) in [4.78, 5) is 15.3. The fraction of sp³-hybridized carbons (Fsp3) is 0. The first-order chi connectivity index (χ1) is 10.2. The number of aromatic nitrogens is 3. The van der Waals surface area contributed by atoms with Crippen molar-refractivity contribution in [2.45, 2.75) is 0 Å². The molecule has 0 aliphatic heterocycles. The molecule has 0 unspecified atom stereocenters. The van der Waals surface area contributed by atoms with Crippen molar-refractivity contribution in [1.29, 1.82) is 0 Å². The van der Waals surface area contributed by atoms with Crippen molar-refractivity contribution in [3.8, 4) is 16.9 Å². The van der Waals surface area contributed by atoms with Crippen molar-refractivity contribution in [2.75, 3.05) is 0 Å². The molecule has 6 heteroatoms. The highest BCUT2D eigenvalue weighted by atomic mass is 35.5.